The van der Waals surface area contributed by atoms with E-state index >= 15 is 0 Å². The number of carbonyl (C=O) groups is 2. The standard InChI is InChI=1S/C20H24N2O3S/c1-15-6-8-18(9-7-15)25-11-10-21-19(23)13-26-14-20(24)22-17-5-3-4-16(2)12-17/h3-9,12H,10-11,13-14H2,1-2H3,(H,21,23)(H,22,24). The van der Waals surface area contributed by atoms with E-state index in [2.05, 4.69) is 10.6 Å². The molecule has 138 valence electrons. The summed E-state index contributed by atoms with van der Waals surface area (Å²) >= 11 is 1.28. The highest BCUT2D eigenvalue weighted by molar-refractivity contribution is 8.00. The third-order valence-electron chi connectivity index (χ3n) is 3.48. The van der Waals surface area contributed by atoms with Crippen molar-refractivity contribution in [3.8, 4) is 5.75 Å². The number of amides is 2. The largest absolute Gasteiger partial charge is 0.492 e. The van der Waals surface area contributed by atoms with Crippen molar-refractivity contribution in [3.05, 3.63) is 59.7 Å². The predicted octanol–water partition coefficient (Wildman–Crippen LogP) is 3.17. The molecule has 2 aromatic carbocycles. The van der Waals surface area contributed by atoms with Gasteiger partial charge in [0.05, 0.1) is 18.1 Å². The summed E-state index contributed by atoms with van der Waals surface area (Å²) < 4.78 is 5.54. The Balaban J connectivity index is 1.55. The predicted molar refractivity (Wildman–Crippen MR) is 107 cm³/mol. The van der Waals surface area contributed by atoms with Gasteiger partial charge in [-0.2, -0.15) is 0 Å². The second-order valence-corrected chi connectivity index (χ2v) is 6.91. The summed E-state index contributed by atoms with van der Waals surface area (Å²) in [4.78, 5) is 23.6. The molecular weight excluding hydrogens is 348 g/mol. The zero-order valence-corrected chi connectivity index (χ0v) is 15.9. The first kappa shape index (κ1) is 19.8. The van der Waals surface area contributed by atoms with Gasteiger partial charge in [0, 0.05) is 5.69 Å². The number of carbonyl (C=O) groups excluding carboxylic acids is 2. The molecule has 0 heterocycles. The van der Waals surface area contributed by atoms with Crippen LogP contribution in [0.4, 0.5) is 5.69 Å². The Bertz CT molecular complexity index is 732. The quantitative estimate of drug-likeness (QED) is 0.664. The van der Waals surface area contributed by atoms with E-state index in [0.29, 0.717) is 13.2 Å². The number of aryl methyl sites for hydroxylation is 2. The Kier molecular flexibility index (Phi) is 8.02. The van der Waals surface area contributed by atoms with Gasteiger partial charge in [-0.1, -0.05) is 29.8 Å². The van der Waals surface area contributed by atoms with Crippen molar-refractivity contribution in [1.82, 2.24) is 5.32 Å². The van der Waals surface area contributed by atoms with E-state index in [1.807, 2.05) is 62.4 Å². The molecule has 0 bridgehead atoms. The van der Waals surface area contributed by atoms with Crippen LogP contribution in [0.5, 0.6) is 5.75 Å². The highest BCUT2D eigenvalue weighted by atomic mass is 32.2. The van der Waals surface area contributed by atoms with Gasteiger partial charge < -0.3 is 15.4 Å². The van der Waals surface area contributed by atoms with E-state index in [9.17, 15) is 9.59 Å². The maximum Gasteiger partial charge on any atom is 0.234 e. The first-order valence-electron chi connectivity index (χ1n) is 8.43. The number of rotatable bonds is 9. The lowest BCUT2D eigenvalue weighted by Gasteiger charge is -2.08. The minimum atomic E-state index is -0.115. The number of anilines is 1. The number of ether oxygens (including phenoxy) is 1. The molecule has 0 atom stereocenters. The van der Waals surface area contributed by atoms with E-state index in [0.717, 1.165) is 17.0 Å². The molecule has 0 unspecified atom stereocenters. The minimum absolute atomic E-state index is 0.106. The number of nitrogens with one attached hydrogen (secondary N) is 2. The summed E-state index contributed by atoms with van der Waals surface area (Å²) in [7, 11) is 0. The zero-order chi connectivity index (χ0) is 18.8. The Labute approximate surface area is 158 Å². The molecule has 0 aromatic heterocycles. The lowest BCUT2D eigenvalue weighted by molar-refractivity contribution is -0.118. The van der Waals surface area contributed by atoms with Crippen molar-refractivity contribution >= 4 is 29.3 Å². The van der Waals surface area contributed by atoms with E-state index in [-0.39, 0.29) is 23.3 Å². The van der Waals surface area contributed by atoms with Crippen LogP contribution in [-0.2, 0) is 9.59 Å². The molecule has 2 aromatic rings. The first-order valence-corrected chi connectivity index (χ1v) is 9.59. The molecule has 0 saturated carbocycles. The van der Waals surface area contributed by atoms with Gasteiger partial charge in [0.15, 0.2) is 0 Å². The highest BCUT2D eigenvalue weighted by Gasteiger charge is 2.06. The van der Waals surface area contributed by atoms with Gasteiger partial charge in [0.25, 0.3) is 0 Å². The Morgan fingerprint density at radius 3 is 2.42 bits per heavy atom. The summed E-state index contributed by atoms with van der Waals surface area (Å²) in [5, 5.41) is 5.60. The van der Waals surface area contributed by atoms with Crippen LogP contribution in [0.25, 0.3) is 0 Å². The molecule has 2 N–H and O–H groups in total. The van der Waals surface area contributed by atoms with Crippen LogP contribution < -0.4 is 15.4 Å². The van der Waals surface area contributed by atoms with Gasteiger partial charge in [-0.25, -0.2) is 0 Å². The summed E-state index contributed by atoms with van der Waals surface area (Å²) in [6.07, 6.45) is 0. The molecule has 26 heavy (non-hydrogen) atoms. The van der Waals surface area contributed by atoms with Gasteiger partial charge >= 0.3 is 0 Å². The molecule has 0 aliphatic heterocycles. The van der Waals surface area contributed by atoms with Crippen LogP contribution in [-0.4, -0.2) is 36.5 Å². The summed E-state index contributed by atoms with van der Waals surface area (Å²) in [5.41, 5.74) is 3.03. The average Bonchev–Trinajstić information content (AvgIpc) is 2.60. The SMILES string of the molecule is Cc1ccc(OCCNC(=O)CSCC(=O)Nc2cccc(C)c2)cc1. The van der Waals surface area contributed by atoms with Crippen molar-refractivity contribution < 1.29 is 14.3 Å². The highest BCUT2D eigenvalue weighted by Crippen LogP contribution is 2.11. The molecule has 5 nitrogen and oxygen atoms in total. The van der Waals surface area contributed by atoms with E-state index in [1.54, 1.807) is 0 Å². The molecule has 0 aliphatic carbocycles. The second-order valence-electron chi connectivity index (χ2n) is 5.92. The van der Waals surface area contributed by atoms with Crippen molar-refractivity contribution in [2.45, 2.75) is 13.8 Å². The average molecular weight is 372 g/mol. The van der Waals surface area contributed by atoms with Crippen molar-refractivity contribution in [2.75, 3.05) is 30.0 Å². The lowest BCUT2D eigenvalue weighted by Crippen LogP contribution is -2.30. The molecular formula is C20H24N2O3S. The topological polar surface area (TPSA) is 67.4 Å². The first-order chi connectivity index (χ1) is 12.5. The summed E-state index contributed by atoms with van der Waals surface area (Å²) in [6, 6.07) is 15.4. The Hall–Kier alpha value is -2.47. The fourth-order valence-electron chi connectivity index (χ4n) is 2.20. The fourth-order valence-corrected chi connectivity index (χ4v) is 2.85. The summed E-state index contributed by atoms with van der Waals surface area (Å²) in [5.74, 6) is 1.04. The summed E-state index contributed by atoms with van der Waals surface area (Å²) in [6.45, 7) is 4.83. The van der Waals surface area contributed by atoms with Crippen LogP contribution in [0, 0.1) is 13.8 Å². The number of thioether (sulfide) groups is 1. The van der Waals surface area contributed by atoms with Crippen LogP contribution in [0.1, 0.15) is 11.1 Å². The molecule has 0 radical (unpaired) electrons. The molecule has 6 heteroatoms. The van der Waals surface area contributed by atoms with Crippen molar-refractivity contribution in [1.29, 1.82) is 0 Å². The van der Waals surface area contributed by atoms with Gasteiger partial charge in [-0.05, 0) is 43.7 Å². The molecule has 0 saturated heterocycles. The third-order valence-corrected chi connectivity index (χ3v) is 4.41. The van der Waals surface area contributed by atoms with Gasteiger partial charge in [0.1, 0.15) is 12.4 Å². The molecule has 2 rings (SSSR count). The van der Waals surface area contributed by atoms with Gasteiger partial charge in [0.2, 0.25) is 11.8 Å². The molecule has 0 aliphatic rings. The smallest absolute Gasteiger partial charge is 0.234 e. The molecule has 0 fully saturated rings. The second kappa shape index (κ2) is 10.5. The van der Waals surface area contributed by atoms with E-state index in [1.165, 1.54) is 17.3 Å². The van der Waals surface area contributed by atoms with E-state index in [4.69, 9.17) is 4.74 Å². The van der Waals surface area contributed by atoms with Gasteiger partial charge in [-0.3, -0.25) is 9.59 Å². The Morgan fingerprint density at radius 1 is 0.962 bits per heavy atom. The lowest BCUT2D eigenvalue weighted by atomic mass is 10.2. The van der Waals surface area contributed by atoms with Crippen molar-refractivity contribution in [3.63, 3.8) is 0 Å². The molecule has 0 spiro atoms. The van der Waals surface area contributed by atoms with Crippen LogP contribution in [0.15, 0.2) is 48.5 Å². The third kappa shape index (κ3) is 7.61. The maximum atomic E-state index is 11.9. The minimum Gasteiger partial charge on any atom is -0.492 e. The maximum absolute atomic E-state index is 11.9. The zero-order valence-electron chi connectivity index (χ0n) is 15.1. The van der Waals surface area contributed by atoms with E-state index < -0.39 is 0 Å². The number of hydrogen-bond donors (Lipinski definition) is 2. The number of benzene rings is 2. The normalized spacial score (nSPS) is 10.2. The fraction of sp³-hybridized carbons (Fsp3) is 0.300. The van der Waals surface area contributed by atoms with Crippen LogP contribution >= 0.6 is 11.8 Å². The van der Waals surface area contributed by atoms with Crippen molar-refractivity contribution in [2.24, 2.45) is 0 Å². The van der Waals surface area contributed by atoms with Crippen LogP contribution in [0.3, 0.4) is 0 Å². The van der Waals surface area contributed by atoms with Gasteiger partial charge in [-0.15, -0.1) is 11.8 Å². The monoisotopic (exact) mass is 372 g/mol. The van der Waals surface area contributed by atoms with Crippen LogP contribution in [0.2, 0.25) is 0 Å². The number of hydrogen-bond acceptors (Lipinski definition) is 4. The Morgan fingerprint density at radius 2 is 1.69 bits per heavy atom. The molecule has 2 amide bonds.